The Morgan fingerprint density at radius 3 is 2.26 bits per heavy atom. The average Bonchev–Trinajstić information content (AvgIpc) is 3.04. The molecule has 27 heavy (non-hydrogen) atoms. The van der Waals surface area contributed by atoms with Gasteiger partial charge in [0, 0.05) is 20.5 Å². The molecule has 0 saturated heterocycles. The first-order valence-corrected chi connectivity index (χ1v) is 10.6. The van der Waals surface area contributed by atoms with E-state index in [1.807, 2.05) is 48.5 Å². The third-order valence-electron chi connectivity index (χ3n) is 4.37. The number of nitrogens with zero attached hydrogens (tertiary/aromatic N) is 1. The molecule has 1 heterocycles. The van der Waals surface area contributed by atoms with E-state index in [2.05, 4.69) is 53.9 Å². The zero-order chi connectivity index (χ0) is 19.6. The molecule has 0 unspecified atom stereocenters. The Kier molecular flexibility index (Phi) is 5.82. The number of thiazole rings is 1. The van der Waals surface area contributed by atoms with Gasteiger partial charge in [0.25, 0.3) is 5.91 Å². The van der Waals surface area contributed by atoms with Gasteiger partial charge >= 0.3 is 0 Å². The highest BCUT2D eigenvalue weighted by molar-refractivity contribution is 9.10. The van der Waals surface area contributed by atoms with Crippen molar-refractivity contribution < 1.29 is 4.79 Å². The number of aryl methyl sites for hydroxylation is 1. The normalized spacial score (nSPS) is 11.4. The maximum Gasteiger partial charge on any atom is 0.257 e. The molecule has 0 spiro atoms. The monoisotopic (exact) mass is 442 g/mol. The largest absolute Gasteiger partial charge is 0.298 e. The number of amides is 1. The van der Waals surface area contributed by atoms with E-state index in [0.717, 1.165) is 27.0 Å². The van der Waals surface area contributed by atoms with Crippen LogP contribution in [0.1, 0.15) is 48.5 Å². The Balaban J connectivity index is 1.81. The lowest BCUT2D eigenvalue weighted by molar-refractivity contribution is 0.102. The number of rotatable bonds is 4. The number of aromatic nitrogens is 1. The summed E-state index contributed by atoms with van der Waals surface area (Å²) in [5.74, 6) is -0.130. The Labute approximate surface area is 173 Å². The molecule has 1 N–H and O–H groups in total. The summed E-state index contributed by atoms with van der Waals surface area (Å²) in [6, 6.07) is 15.9. The van der Waals surface area contributed by atoms with Crippen LogP contribution in [0.5, 0.6) is 0 Å². The molecule has 0 fully saturated rings. The number of nitrogens with one attached hydrogen (secondary N) is 1. The predicted molar refractivity (Wildman–Crippen MR) is 118 cm³/mol. The van der Waals surface area contributed by atoms with Crippen molar-refractivity contribution in [3.05, 3.63) is 69.0 Å². The Hall–Kier alpha value is -1.98. The van der Waals surface area contributed by atoms with Gasteiger partial charge in [-0.2, -0.15) is 0 Å². The first-order valence-electron chi connectivity index (χ1n) is 8.95. The van der Waals surface area contributed by atoms with Gasteiger partial charge in [-0.3, -0.25) is 10.1 Å². The van der Waals surface area contributed by atoms with E-state index in [4.69, 9.17) is 0 Å². The molecular formula is C22H23BrN2OS. The van der Waals surface area contributed by atoms with E-state index in [1.54, 1.807) is 0 Å². The molecule has 140 valence electrons. The lowest BCUT2D eigenvalue weighted by atomic mass is 9.87. The average molecular weight is 443 g/mol. The highest BCUT2D eigenvalue weighted by Crippen LogP contribution is 2.32. The van der Waals surface area contributed by atoms with Crippen LogP contribution in [-0.4, -0.2) is 10.9 Å². The second-order valence-electron chi connectivity index (χ2n) is 7.43. The van der Waals surface area contributed by atoms with Crippen LogP contribution in [0.2, 0.25) is 0 Å². The van der Waals surface area contributed by atoms with Crippen LogP contribution < -0.4 is 5.32 Å². The van der Waals surface area contributed by atoms with Gasteiger partial charge in [-0.15, -0.1) is 11.3 Å². The summed E-state index contributed by atoms with van der Waals surface area (Å²) in [5, 5.41) is 3.59. The summed E-state index contributed by atoms with van der Waals surface area (Å²) in [7, 11) is 0. The van der Waals surface area contributed by atoms with Gasteiger partial charge in [-0.05, 0) is 41.7 Å². The third kappa shape index (κ3) is 4.66. The molecule has 5 heteroatoms. The Morgan fingerprint density at radius 2 is 1.70 bits per heavy atom. The van der Waals surface area contributed by atoms with Crippen LogP contribution in [0.15, 0.2) is 53.0 Å². The molecule has 0 aliphatic rings. The molecule has 0 radical (unpaired) electrons. The first kappa shape index (κ1) is 19.8. The van der Waals surface area contributed by atoms with Crippen molar-refractivity contribution in [3.8, 4) is 11.3 Å². The van der Waals surface area contributed by atoms with Crippen LogP contribution >= 0.6 is 27.3 Å². The smallest absolute Gasteiger partial charge is 0.257 e. The maximum atomic E-state index is 12.6. The van der Waals surface area contributed by atoms with Crippen LogP contribution in [0.4, 0.5) is 5.13 Å². The van der Waals surface area contributed by atoms with E-state index in [9.17, 15) is 4.79 Å². The van der Waals surface area contributed by atoms with Gasteiger partial charge in [0.15, 0.2) is 5.13 Å². The Bertz CT molecular complexity index is 938. The first-order chi connectivity index (χ1) is 12.8. The summed E-state index contributed by atoms with van der Waals surface area (Å²) >= 11 is 4.99. The van der Waals surface area contributed by atoms with Crippen LogP contribution in [0, 0.1) is 0 Å². The molecule has 3 nitrogen and oxygen atoms in total. The van der Waals surface area contributed by atoms with Crippen molar-refractivity contribution in [1.29, 1.82) is 0 Å². The standard InChI is InChI=1S/C22H23BrN2OS/c1-5-18-19(14-8-12-17(23)13-9-14)24-21(27-18)25-20(26)15-6-10-16(11-7-15)22(2,3)4/h6-13H,5H2,1-4H3,(H,24,25,26). The third-order valence-corrected chi connectivity index (χ3v) is 6.01. The number of hydrogen-bond acceptors (Lipinski definition) is 3. The second-order valence-corrected chi connectivity index (χ2v) is 9.43. The molecule has 1 amide bonds. The topological polar surface area (TPSA) is 42.0 Å². The highest BCUT2D eigenvalue weighted by Gasteiger charge is 2.16. The van der Waals surface area contributed by atoms with E-state index in [1.165, 1.54) is 16.9 Å². The van der Waals surface area contributed by atoms with Gasteiger partial charge in [0.2, 0.25) is 0 Å². The number of benzene rings is 2. The minimum absolute atomic E-state index is 0.0694. The summed E-state index contributed by atoms with van der Waals surface area (Å²) in [5.41, 5.74) is 3.91. The molecule has 0 atom stereocenters. The van der Waals surface area contributed by atoms with Crippen molar-refractivity contribution in [3.63, 3.8) is 0 Å². The maximum absolute atomic E-state index is 12.6. The van der Waals surface area contributed by atoms with E-state index < -0.39 is 0 Å². The van der Waals surface area contributed by atoms with E-state index in [0.29, 0.717) is 10.7 Å². The highest BCUT2D eigenvalue weighted by atomic mass is 79.9. The fraction of sp³-hybridized carbons (Fsp3) is 0.273. The summed E-state index contributed by atoms with van der Waals surface area (Å²) < 4.78 is 1.03. The summed E-state index contributed by atoms with van der Waals surface area (Å²) in [4.78, 5) is 18.5. The molecule has 3 rings (SSSR count). The summed E-state index contributed by atoms with van der Waals surface area (Å²) in [6.45, 7) is 8.58. The number of carbonyl (C=O) groups is 1. The fourth-order valence-electron chi connectivity index (χ4n) is 2.77. The van der Waals surface area contributed by atoms with Crippen molar-refractivity contribution in [2.75, 3.05) is 5.32 Å². The number of anilines is 1. The zero-order valence-electron chi connectivity index (χ0n) is 16.0. The predicted octanol–water partition coefficient (Wildman–Crippen LogP) is 6.68. The van der Waals surface area contributed by atoms with E-state index in [-0.39, 0.29) is 11.3 Å². The molecular weight excluding hydrogens is 420 g/mol. The van der Waals surface area contributed by atoms with Gasteiger partial charge in [-0.25, -0.2) is 4.98 Å². The SMILES string of the molecule is CCc1sc(NC(=O)c2ccc(C(C)(C)C)cc2)nc1-c1ccc(Br)cc1. The minimum atomic E-state index is -0.130. The number of halogens is 1. The fourth-order valence-corrected chi connectivity index (χ4v) is 3.95. The molecule has 3 aromatic rings. The molecule has 0 aliphatic carbocycles. The zero-order valence-corrected chi connectivity index (χ0v) is 18.4. The van der Waals surface area contributed by atoms with Crippen LogP contribution in [0.3, 0.4) is 0 Å². The molecule has 0 aliphatic heterocycles. The van der Waals surface area contributed by atoms with Crippen molar-refractivity contribution in [2.45, 2.75) is 39.5 Å². The van der Waals surface area contributed by atoms with Gasteiger partial charge in [-0.1, -0.05) is 67.9 Å². The van der Waals surface area contributed by atoms with Crippen molar-refractivity contribution in [2.24, 2.45) is 0 Å². The molecule has 0 bridgehead atoms. The Morgan fingerprint density at radius 1 is 1.07 bits per heavy atom. The van der Waals surface area contributed by atoms with Crippen molar-refractivity contribution >= 4 is 38.3 Å². The van der Waals surface area contributed by atoms with Gasteiger partial charge in [0.1, 0.15) is 0 Å². The molecule has 2 aromatic carbocycles. The second kappa shape index (κ2) is 7.95. The van der Waals surface area contributed by atoms with Crippen molar-refractivity contribution in [1.82, 2.24) is 4.98 Å². The summed E-state index contributed by atoms with van der Waals surface area (Å²) in [6.07, 6.45) is 0.874. The van der Waals surface area contributed by atoms with E-state index >= 15 is 0 Å². The molecule has 1 aromatic heterocycles. The van der Waals surface area contributed by atoms with Gasteiger partial charge < -0.3 is 0 Å². The van der Waals surface area contributed by atoms with Crippen LogP contribution in [0.25, 0.3) is 11.3 Å². The number of carbonyl (C=O) groups excluding carboxylic acids is 1. The molecule has 0 saturated carbocycles. The quantitative estimate of drug-likeness (QED) is 0.489. The minimum Gasteiger partial charge on any atom is -0.298 e. The number of hydrogen-bond donors (Lipinski definition) is 1. The van der Waals surface area contributed by atoms with Crippen LogP contribution in [-0.2, 0) is 11.8 Å². The lowest BCUT2D eigenvalue weighted by Gasteiger charge is -2.18. The van der Waals surface area contributed by atoms with Gasteiger partial charge in [0.05, 0.1) is 5.69 Å². The lowest BCUT2D eigenvalue weighted by Crippen LogP contribution is -2.14.